The molecule has 1 saturated heterocycles. The van der Waals surface area contributed by atoms with Crippen LogP contribution >= 0.6 is 0 Å². The minimum atomic E-state index is -0.719. The molecule has 3 rings (SSSR count). The van der Waals surface area contributed by atoms with Gasteiger partial charge >= 0.3 is 0 Å². The fourth-order valence-corrected chi connectivity index (χ4v) is 2.80. The van der Waals surface area contributed by atoms with E-state index in [9.17, 15) is 19.7 Å². The maximum atomic E-state index is 12.3. The molecule has 2 N–H and O–H groups in total. The predicted octanol–water partition coefficient (Wildman–Crippen LogP) is 1.25. The lowest BCUT2D eigenvalue weighted by atomic mass is 10.1. The van der Waals surface area contributed by atoms with Gasteiger partial charge in [-0.3, -0.25) is 19.7 Å². The number of nitrogens with two attached hydrogens (primary N) is 1. The SMILES string of the molecule is NC(=O)c1ccc(N2CCN(C(=O)c3ccco3)CC2)c([N+](=O)[O-])c1. The van der Waals surface area contributed by atoms with Crippen LogP contribution in [0.3, 0.4) is 0 Å². The van der Waals surface area contributed by atoms with Crippen molar-refractivity contribution in [2.45, 2.75) is 0 Å². The third kappa shape index (κ3) is 3.30. The van der Waals surface area contributed by atoms with Crippen LogP contribution in [0.2, 0.25) is 0 Å². The van der Waals surface area contributed by atoms with Gasteiger partial charge in [-0.2, -0.15) is 0 Å². The molecule has 2 aromatic rings. The second kappa shape index (κ2) is 6.63. The van der Waals surface area contributed by atoms with Gasteiger partial charge in [-0.25, -0.2) is 0 Å². The van der Waals surface area contributed by atoms with Crippen molar-refractivity contribution in [2.75, 3.05) is 31.1 Å². The topological polar surface area (TPSA) is 123 Å². The Kier molecular flexibility index (Phi) is 4.38. The van der Waals surface area contributed by atoms with E-state index in [4.69, 9.17) is 10.2 Å². The van der Waals surface area contributed by atoms with Gasteiger partial charge in [0, 0.05) is 37.8 Å². The summed E-state index contributed by atoms with van der Waals surface area (Å²) in [6, 6.07) is 7.40. The van der Waals surface area contributed by atoms with Crippen LogP contribution in [-0.4, -0.2) is 47.8 Å². The van der Waals surface area contributed by atoms with Gasteiger partial charge in [0.15, 0.2) is 5.76 Å². The van der Waals surface area contributed by atoms with Gasteiger partial charge in [0.1, 0.15) is 5.69 Å². The smallest absolute Gasteiger partial charge is 0.293 e. The molecule has 1 aliphatic rings. The zero-order chi connectivity index (χ0) is 18.0. The summed E-state index contributed by atoms with van der Waals surface area (Å²) in [6.45, 7) is 1.69. The average Bonchev–Trinajstić information content (AvgIpc) is 3.15. The van der Waals surface area contributed by atoms with Gasteiger partial charge < -0.3 is 20.0 Å². The number of nitro benzene ring substituents is 1. The summed E-state index contributed by atoms with van der Waals surface area (Å²) >= 11 is 0. The Bertz CT molecular complexity index is 810. The van der Waals surface area contributed by atoms with E-state index in [0.717, 1.165) is 0 Å². The van der Waals surface area contributed by atoms with E-state index in [0.29, 0.717) is 31.9 Å². The van der Waals surface area contributed by atoms with E-state index in [1.807, 2.05) is 4.90 Å². The molecule has 1 aliphatic heterocycles. The molecule has 0 bridgehead atoms. The zero-order valence-corrected chi connectivity index (χ0v) is 13.3. The summed E-state index contributed by atoms with van der Waals surface area (Å²) in [5.41, 5.74) is 5.49. The molecule has 9 nitrogen and oxygen atoms in total. The Morgan fingerprint density at radius 1 is 1.16 bits per heavy atom. The molecule has 9 heteroatoms. The summed E-state index contributed by atoms with van der Waals surface area (Å²) in [5, 5.41) is 11.3. The Hall–Kier alpha value is -3.36. The fourth-order valence-electron chi connectivity index (χ4n) is 2.80. The number of anilines is 1. The second-order valence-corrected chi connectivity index (χ2v) is 5.58. The quantitative estimate of drug-likeness (QED) is 0.658. The zero-order valence-electron chi connectivity index (χ0n) is 13.3. The highest BCUT2D eigenvalue weighted by molar-refractivity contribution is 5.94. The number of primary amides is 1. The van der Waals surface area contributed by atoms with Crippen molar-refractivity contribution in [2.24, 2.45) is 5.73 Å². The largest absolute Gasteiger partial charge is 0.459 e. The molecule has 1 fully saturated rings. The average molecular weight is 344 g/mol. The van der Waals surface area contributed by atoms with E-state index in [1.165, 1.54) is 24.5 Å². The van der Waals surface area contributed by atoms with Crippen molar-refractivity contribution >= 4 is 23.2 Å². The van der Waals surface area contributed by atoms with Crippen molar-refractivity contribution in [1.29, 1.82) is 0 Å². The van der Waals surface area contributed by atoms with Crippen LogP contribution in [0, 0.1) is 10.1 Å². The number of benzene rings is 1. The minimum Gasteiger partial charge on any atom is -0.459 e. The number of furan rings is 1. The molecule has 0 atom stereocenters. The van der Waals surface area contributed by atoms with Crippen LogP contribution in [0.5, 0.6) is 0 Å². The van der Waals surface area contributed by atoms with Crippen molar-refractivity contribution in [3.8, 4) is 0 Å². The van der Waals surface area contributed by atoms with Crippen molar-refractivity contribution in [1.82, 2.24) is 4.90 Å². The van der Waals surface area contributed by atoms with Crippen LogP contribution in [-0.2, 0) is 0 Å². The molecular weight excluding hydrogens is 328 g/mol. The molecule has 1 aromatic heterocycles. The van der Waals surface area contributed by atoms with Gasteiger partial charge in [-0.1, -0.05) is 0 Å². The summed E-state index contributed by atoms with van der Waals surface area (Å²) in [5.74, 6) is -0.656. The molecule has 0 spiro atoms. The molecule has 2 amide bonds. The van der Waals surface area contributed by atoms with Crippen molar-refractivity contribution in [3.63, 3.8) is 0 Å². The lowest BCUT2D eigenvalue weighted by Crippen LogP contribution is -2.48. The molecule has 25 heavy (non-hydrogen) atoms. The first kappa shape index (κ1) is 16.5. The van der Waals surface area contributed by atoms with Crippen LogP contribution in [0.4, 0.5) is 11.4 Å². The molecule has 0 aliphatic carbocycles. The third-order valence-corrected chi connectivity index (χ3v) is 4.10. The number of nitrogens with zero attached hydrogens (tertiary/aromatic N) is 3. The Balaban J connectivity index is 1.75. The second-order valence-electron chi connectivity index (χ2n) is 5.58. The standard InChI is InChI=1S/C16H16N4O5/c17-15(21)11-3-4-12(13(10-11)20(23)24)18-5-7-19(8-6-18)16(22)14-2-1-9-25-14/h1-4,9-10H,5-8H2,(H2,17,21). The van der Waals surface area contributed by atoms with Crippen molar-refractivity contribution in [3.05, 3.63) is 58.0 Å². The van der Waals surface area contributed by atoms with Crippen LogP contribution in [0.25, 0.3) is 0 Å². The Morgan fingerprint density at radius 2 is 1.88 bits per heavy atom. The van der Waals surface area contributed by atoms with E-state index < -0.39 is 10.8 Å². The third-order valence-electron chi connectivity index (χ3n) is 4.10. The molecule has 0 radical (unpaired) electrons. The van der Waals surface area contributed by atoms with Crippen LogP contribution in [0.1, 0.15) is 20.9 Å². The summed E-state index contributed by atoms with van der Waals surface area (Å²) in [4.78, 5) is 37.7. The number of hydrogen-bond acceptors (Lipinski definition) is 6. The molecule has 0 unspecified atom stereocenters. The number of carbonyl (C=O) groups is 2. The number of piperazine rings is 1. The van der Waals surface area contributed by atoms with Crippen LogP contribution in [0.15, 0.2) is 41.0 Å². The van der Waals surface area contributed by atoms with Gasteiger partial charge in [-0.15, -0.1) is 0 Å². The van der Waals surface area contributed by atoms with Crippen LogP contribution < -0.4 is 10.6 Å². The first-order valence-corrected chi connectivity index (χ1v) is 7.63. The molecule has 2 heterocycles. The Labute approximate surface area is 142 Å². The van der Waals surface area contributed by atoms with E-state index >= 15 is 0 Å². The molecular formula is C16H16N4O5. The Morgan fingerprint density at radius 3 is 2.44 bits per heavy atom. The number of nitro groups is 1. The highest BCUT2D eigenvalue weighted by atomic mass is 16.6. The lowest BCUT2D eigenvalue weighted by Gasteiger charge is -2.35. The van der Waals surface area contributed by atoms with E-state index in [-0.39, 0.29) is 22.9 Å². The van der Waals surface area contributed by atoms with Crippen molar-refractivity contribution < 1.29 is 18.9 Å². The maximum absolute atomic E-state index is 12.3. The van der Waals surface area contributed by atoms with Gasteiger partial charge in [0.2, 0.25) is 5.91 Å². The summed E-state index contributed by atoms with van der Waals surface area (Å²) < 4.78 is 5.11. The fraction of sp³-hybridized carbons (Fsp3) is 0.250. The predicted molar refractivity (Wildman–Crippen MR) is 88.4 cm³/mol. The number of carbonyl (C=O) groups excluding carboxylic acids is 2. The highest BCUT2D eigenvalue weighted by Crippen LogP contribution is 2.30. The first-order chi connectivity index (χ1) is 12.0. The summed E-state index contributed by atoms with van der Waals surface area (Å²) in [7, 11) is 0. The molecule has 1 aromatic carbocycles. The normalized spacial score (nSPS) is 14.4. The number of rotatable bonds is 4. The number of amides is 2. The molecule has 130 valence electrons. The minimum absolute atomic E-state index is 0.0853. The van der Waals surface area contributed by atoms with E-state index in [1.54, 1.807) is 17.0 Å². The highest BCUT2D eigenvalue weighted by Gasteiger charge is 2.27. The lowest BCUT2D eigenvalue weighted by molar-refractivity contribution is -0.384. The van der Waals surface area contributed by atoms with E-state index in [2.05, 4.69) is 0 Å². The number of hydrogen-bond donors (Lipinski definition) is 1. The first-order valence-electron chi connectivity index (χ1n) is 7.63. The van der Waals surface area contributed by atoms with Gasteiger partial charge in [0.25, 0.3) is 11.6 Å². The van der Waals surface area contributed by atoms with Gasteiger partial charge in [-0.05, 0) is 24.3 Å². The maximum Gasteiger partial charge on any atom is 0.293 e. The molecule has 0 saturated carbocycles. The summed E-state index contributed by atoms with van der Waals surface area (Å²) in [6.07, 6.45) is 1.44. The van der Waals surface area contributed by atoms with Gasteiger partial charge in [0.05, 0.1) is 11.2 Å². The monoisotopic (exact) mass is 344 g/mol.